The van der Waals surface area contributed by atoms with Crippen LogP contribution >= 0.6 is 0 Å². The van der Waals surface area contributed by atoms with Gasteiger partial charge in [-0.25, -0.2) is 0 Å². The molecule has 1 unspecified atom stereocenters. The molecule has 2 amide bonds. The SMILES string of the molecule is CC(=O)N(C1CC1)C1CCOC2(CCN(C(=O)Cc3cccnc3)CC2)C1. The Balaban J connectivity index is 1.34. The molecular weight excluding hydrogens is 342 g/mol. The second kappa shape index (κ2) is 7.58. The van der Waals surface area contributed by atoms with Gasteiger partial charge in [0.15, 0.2) is 0 Å². The number of rotatable bonds is 4. The van der Waals surface area contributed by atoms with E-state index in [9.17, 15) is 9.59 Å². The minimum atomic E-state index is -0.170. The van der Waals surface area contributed by atoms with Crippen molar-refractivity contribution in [2.24, 2.45) is 0 Å². The van der Waals surface area contributed by atoms with Crippen molar-refractivity contribution in [2.45, 2.75) is 69.6 Å². The molecule has 0 N–H and O–H groups in total. The molecule has 2 aliphatic heterocycles. The van der Waals surface area contributed by atoms with Crippen LogP contribution in [0.2, 0.25) is 0 Å². The fourth-order valence-electron chi connectivity index (χ4n) is 4.71. The lowest BCUT2D eigenvalue weighted by Gasteiger charge is -2.48. The van der Waals surface area contributed by atoms with Crippen molar-refractivity contribution in [1.82, 2.24) is 14.8 Å². The van der Waals surface area contributed by atoms with E-state index in [1.54, 1.807) is 19.3 Å². The third-order valence-electron chi connectivity index (χ3n) is 6.27. The molecule has 0 aromatic carbocycles. The monoisotopic (exact) mass is 371 g/mol. The highest BCUT2D eigenvalue weighted by Gasteiger charge is 2.45. The van der Waals surface area contributed by atoms with Crippen molar-refractivity contribution >= 4 is 11.8 Å². The van der Waals surface area contributed by atoms with Gasteiger partial charge in [0.05, 0.1) is 12.0 Å². The predicted molar refractivity (Wildman–Crippen MR) is 101 cm³/mol. The van der Waals surface area contributed by atoms with Crippen LogP contribution in [0.5, 0.6) is 0 Å². The Morgan fingerprint density at radius 3 is 2.67 bits per heavy atom. The Bertz CT molecular complexity index is 681. The van der Waals surface area contributed by atoms with Crippen LogP contribution in [0.1, 0.15) is 51.0 Å². The van der Waals surface area contributed by atoms with Gasteiger partial charge >= 0.3 is 0 Å². The van der Waals surface area contributed by atoms with Crippen molar-refractivity contribution in [2.75, 3.05) is 19.7 Å². The molecule has 3 aliphatic rings. The van der Waals surface area contributed by atoms with Crippen LogP contribution in [0.15, 0.2) is 24.5 Å². The fourth-order valence-corrected chi connectivity index (χ4v) is 4.71. The molecule has 6 nitrogen and oxygen atoms in total. The first-order valence-electron chi connectivity index (χ1n) is 10.2. The number of nitrogens with zero attached hydrogens (tertiary/aromatic N) is 3. The lowest BCUT2D eigenvalue weighted by molar-refractivity contribution is -0.154. The van der Waals surface area contributed by atoms with Crippen molar-refractivity contribution in [3.05, 3.63) is 30.1 Å². The van der Waals surface area contributed by atoms with E-state index in [-0.39, 0.29) is 17.4 Å². The summed E-state index contributed by atoms with van der Waals surface area (Å²) in [5.41, 5.74) is 0.787. The predicted octanol–water partition coefficient (Wildman–Crippen LogP) is 2.18. The van der Waals surface area contributed by atoms with Gasteiger partial charge in [-0.3, -0.25) is 14.6 Å². The number of hydrogen-bond acceptors (Lipinski definition) is 4. The van der Waals surface area contributed by atoms with Crippen LogP contribution < -0.4 is 0 Å². The number of likely N-dealkylation sites (tertiary alicyclic amines) is 1. The van der Waals surface area contributed by atoms with E-state index in [1.807, 2.05) is 17.0 Å². The summed E-state index contributed by atoms with van der Waals surface area (Å²) in [4.78, 5) is 32.9. The van der Waals surface area contributed by atoms with E-state index in [1.165, 1.54) is 0 Å². The zero-order chi connectivity index (χ0) is 18.9. The van der Waals surface area contributed by atoms with E-state index in [4.69, 9.17) is 4.74 Å². The molecule has 27 heavy (non-hydrogen) atoms. The summed E-state index contributed by atoms with van der Waals surface area (Å²) >= 11 is 0. The van der Waals surface area contributed by atoms with E-state index in [0.29, 0.717) is 25.1 Å². The highest BCUT2D eigenvalue weighted by atomic mass is 16.5. The number of piperidine rings is 1. The van der Waals surface area contributed by atoms with Gasteiger partial charge in [-0.2, -0.15) is 0 Å². The van der Waals surface area contributed by atoms with E-state index < -0.39 is 0 Å². The maximum atomic E-state index is 12.6. The van der Waals surface area contributed by atoms with E-state index >= 15 is 0 Å². The highest BCUT2D eigenvalue weighted by molar-refractivity contribution is 5.78. The van der Waals surface area contributed by atoms with Crippen LogP contribution in [0.4, 0.5) is 0 Å². The van der Waals surface area contributed by atoms with Gasteiger partial charge in [-0.05, 0) is 50.2 Å². The van der Waals surface area contributed by atoms with Crippen LogP contribution in [-0.4, -0.2) is 64.0 Å². The Morgan fingerprint density at radius 1 is 1.26 bits per heavy atom. The summed E-state index contributed by atoms with van der Waals surface area (Å²) in [6, 6.07) is 4.55. The Hall–Kier alpha value is -1.95. The minimum absolute atomic E-state index is 0.161. The summed E-state index contributed by atoms with van der Waals surface area (Å²) in [6.45, 7) is 3.87. The maximum absolute atomic E-state index is 12.6. The van der Waals surface area contributed by atoms with Gasteiger partial charge in [-0.1, -0.05) is 6.07 Å². The lowest BCUT2D eigenvalue weighted by atomic mass is 9.81. The molecule has 1 saturated carbocycles. The van der Waals surface area contributed by atoms with Gasteiger partial charge < -0.3 is 14.5 Å². The fraction of sp³-hybridized carbons (Fsp3) is 0.667. The first-order chi connectivity index (χ1) is 13.1. The molecule has 6 heteroatoms. The van der Waals surface area contributed by atoms with Gasteiger partial charge in [0.2, 0.25) is 11.8 Å². The number of amides is 2. The third kappa shape index (κ3) is 4.15. The van der Waals surface area contributed by atoms with Crippen LogP contribution in [0, 0.1) is 0 Å². The zero-order valence-corrected chi connectivity index (χ0v) is 16.1. The number of hydrogen-bond donors (Lipinski definition) is 0. The summed E-state index contributed by atoms with van der Waals surface area (Å²) < 4.78 is 6.23. The molecule has 3 heterocycles. The quantitative estimate of drug-likeness (QED) is 0.814. The first kappa shape index (κ1) is 18.4. The number of ether oxygens (including phenoxy) is 1. The summed E-state index contributed by atoms with van der Waals surface area (Å²) in [5.74, 6) is 0.359. The Labute approximate surface area is 160 Å². The van der Waals surface area contributed by atoms with E-state index in [0.717, 1.165) is 57.2 Å². The van der Waals surface area contributed by atoms with Crippen molar-refractivity contribution in [3.63, 3.8) is 0 Å². The van der Waals surface area contributed by atoms with Gasteiger partial charge in [0, 0.05) is 51.1 Å². The normalized spacial score (nSPS) is 24.6. The van der Waals surface area contributed by atoms with Crippen molar-refractivity contribution in [3.8, 4) is 0 Å². The number of carbonyl (C=O) groups excluding carboxylic acids is 2. The molecular formula is C21H29N3O3. The highest BCUT2D eigenvalue weighted by Crippen LogP contribution is 2.40. The van der Waals surface area contributed by atoms with Crippen LogP contribution in [0.3, 0.4) is 0 Å². The molecule has 0 bridgehead atoms. The Kier molecular flexibility index (Phi) is 5.17. The average Bonchev–Trinajstić information content (AvgIpc) is 3.48. The largest absolute Gasteiger partial charge is 0.375 e. The number of aromatic nitrogens is 1. The minimum Gasteiger partial charge on any atom is -0.375 e. The first-order valence-corrected chi connectivity index (χ1v) is 10.2. The second-order valence-electron chi connectivity index (χ2n) is 8.25. The standard InChI is InChI=1S/C21H29N3O3/c1-16(25)24(18-4-5-18)19-6-12-27-21(14-19)7-10-23(11-8-21)20(26)13-17-3-2-9-22-15-17/h2-3,9,15,18-19H,4-8,10-14H2,1H3. The smallest absolute Gasteiger partial charge is 0.227 e. The molecule has 1 aromatic rings. The second-order valence-corrected chi connectivity index (χ2v) is 8.25. The van der Waals surface area contributed by atoms with Crippen LogP contribution in [0.25, 0.3) is 0 Å². The molecule has 146 valence electrons. The molecule has 3 fully saturated rings. The van der Waals surface area contributed by atoms with Gasteiger partial charge in [0.1, 0.15) is 0 Å². The molecule has 1 aliphatic carbocycles. The van der Waals surface area contributed by atoms with Gasteiger partial charge in [-0.15, -0.1) is 0 Å². The van der Waals surface area contributed by atoms with Gasteiger partial charge in [0.25, 0.3) is 0 Å². The molecule has 1 atom stereocenters. The summed E-state index contributed by atoms with van der Waals surface area (Å²) in [5, 5.41) is 0. The van der Waals surface area contributed by atoms with Crippen LogP contribution in [-0.2, 0) is 20.7 Å². The number of carbonyl (C=O) groups is 2. The molecule has 0 radical (unpaired) electrons. The van der Waals surface area contributed by atoms with Crippen molar-refractivity contribution in [1.29, 1.82) is 0 Å². The van der Waals surface area contributed by atoms with Crippen molar-refractivity contribution < 1.29 is 14.3 Å². The molecule has 2 saturated heterocycles. The molecule has 4 rings (SSSR count). The van der Waals surface area contributed by atoms with E-state index in [2.05, 4.69) is 9.88 Å². The third-order valence-corrected chi connectivity index (χ3v) is 6.27. The molecule has 1 aromatic heterocycles. The Morgan fingerprint density at radius 2 is 2.04 bits per heavy atom. The maximum Gasteiger partial charge on any atom is 0.227 e. The lowest BCUT2D eigenvalue weighted by Crippen LogP contribution is -2.55. The topological polar surface area (TPSA) is 62.7 Å². The molecule has 1 spiro atoms. The summed E-state index contributed by atoms with van der Waals surface area (Å²) in [6.07, 6.45) is 9.73. The average molecular weight is 371 g/mol. The number of pyridine rings is 1. The zero-order valence-electron chi connectivity index (χ0n) is 16.1. The summed E-state index contributed by atoms with van der Waals surface area (Å²) in [7, 11) is 0.